The minimum Gasteiger partial charge on any atom is -0.497 e. The number of hydrogen-bond acceptors (Lipinski definition) is 5. The lowest BCUT2D eigenvalue weighted by atomic mass is 10.2. The van der Waals surface area contributed by atoms with Crippen LogP contribution >= 0.6 is 0 Å². The van der Waals surface area contributed by atoms with Crippen molar-refractivity contribution in [3.63, 3.8) is 0 Å². The Morgan fingerprint density at radius 1 is 1.41 bits per heavy atom. The molecule has 1 atom stereocenters. The monoisotopic (exact) mass is 236 g/mol. The third-order valence-electron chi connectivity index (χ3n) is 2.13. The second-order valence-electron chi connectivity index (χ2n) is 3.53. The molecule has 0 spiro atoms. The summed E-state index contributed by atoms with van der Waals surface area (Å²) in [4.78, 5) is 0. The Balaban J connectivity index is 2.67. The second-order valence-corrected chi connectivity index (χ2v) is 3.53. The molecule has 5 heteroatoms. The zero-order chi connectivity index (χ0) is 12.7. The van der Waals surface area contributed by atoms with Gasteiger partial charge in [-0.25, -0.2) is 0 Å². The molecule has 1 aromatic rings. The average molecular weight is 236 g/mol. The Morgan fingerprint density at radius 2 is 2.12 bits per heavy atom. The lowest BCUT2D eigenvalue weighted by Crippen LogP contribution is -2.29. The molecule has 0 fully saturated rings. The molecule has 0 saturated heterocycles. The fourth-order valence-electron chi connectivity index (χ4n) is 1.32. The highest BCUT2D eigenvalue weighted by Gasteiger charge is 2.06. The number of nitrogens with one attached hydrogen (secondary N) is 1. The van der Waals surface area contributed by atoms with Crippen LogP contribution < -0.4 is 14.8 Å². The number of methoxy groups -OCH3 is 1. The van der Waals surface area contributed by atoms with E-state index in [1.54, 1.807) is 25.2 Å². The number of rotatable bonds is 6. The fourth-order valence-corrected chi connectivity index (χ4v) is 1.32. The predicted octanol–water partition coefficient (Wildman–Crippen LogP) is 0.526. The Morgan fingerprint density at radius 3 is 2.71 bits per heavy atom. The smallest absolute Gasteiger partial charge is 0.124 e. The maximum absolute atomic E-state index is 9.48. The minimum atomic E-state index is -0.586. The summed E-state index contributed by atoms with van der Waals surface area (Å²) in [7, 11) is 3.28. The standard InChI is InChI=1S/C12H16N2O3/c1-14-7-10(15)8-17-12-4-9(6-13)3-11(5-12)16-2/h3-5,10,14-15H,7-8H2,1-2H3. The first kappa shape index (κ1) is 13.3. The highest BCUT2D eigenvalue weighted by atomic mass is 16.5. The Hall–Kier alpha value is -1.77. The van der Waals surface area contributed by atoms with E-state index in [1.807, 2.05) is 6.07 Å². The molecule has 5 nitrogen and oxygen atoms in total. The summed E-state index contributed by atoms with van der Waals surface area (Å²) < 4.78 is 10.4. The first-order valence-electron chi connectivity index (χ1n) is 5.24. The number of aliphatic hydroxyl groups is 1. The van der Waals surface area contributed by atoms with E-state index in [1.165, 1.54) is 7.11 Å². The molecule has 0 amide bonds. The zero-order valence-corrected chi connectivity index (χ0v) is 9.93. The third-order valence-corrected chi connectivity index (χ3v) is 2.13. The Kier molecular flexibility index (Phi) is 5.27. The summed E-state index contributed by atoms with van der Waals surface area (Å²) in [5, 5.41) is 21.1. The van der Waals surface area contributed by atoms with E-state index >= 15 is 0 Å². The van der Waals surface area contributed by atoms with E-state index < -0.39 is 6.10 Å². The molecular formula is C12H16N2O3. The lowest BCUT2D eigenvalue weighted by molar-refractivity contribution is 0.108. The van der Waals surface area contributed by atoms with E-state index in [4.69, 9.17) is 14.7 Å². The summed E-state index contributed by atoms with van der Waals surface area (Å²) in [5.41, 5.74) is 0.461. The fraction of sp³-hybridized carbons (Fsp3) is 0.417. The van der Waals surface area contributed by atoms with Crippen LogP contribution in [0, 0.1) is 11.3 Å². The van der Waals surface area contributed by atoms with E-state index in [9.17, 15) is 5.11 Å². The molecule has 0 radical (unpaired) electrons. The van der Waals surface area contributed by atoms with Crippen LogP contribution in [0.1, 0.15) is 5.56 Å². The van der Waals surface area contributed by atoms with Crippen LogP contribution in [-0.2, 0) is 0 Å². The van der Waals surface area contributed by atoms with Crippen LogP contribution in [0.15, 0.2) is 18.2 Å². The van der Waals surface area contributed by atoms with Crippen LogP contribution in [0.2, 0.25) is 0 Å². The van der Waals surface area contributed by atoms with Crippen LogP contribution in [0.3, 0.4) is 0 Å². The van der Waals surface area contributed by atoms with Gasteiger partial charge >= 0.3 is 0 Å². The van der Waals surface area contributed by atoms with Gasteiger partial charge < -0.3 is 19.9 Å². The average Bonchev–Trinajstić information content (AvgIpc) is 2.36. The molecule has 92 valence electrons. The molecule has 0 saturated carbocycles. The molecule has 0 aliphatic heterocycles. The van der Waals surface area contributed by atoms with E-state index in [0.29, 0.717) is 23.6 Å². The van der Waals surface area contributed by atoms with Gasteiger partial charge in [-0.05, 0) is 19.2 Å². The van der Waals surface area contributed by atoms with Crippen LogP contribution in [0.5, 0.6) is 11.5 Å². The number of likely N-dealkylation sites (N-methyl/N-ethyl adjacent to an activating group) is 1. The largest absolute Gasteiger partial charge is 0.497 e. The Bertz CT molecular complexity index is 401. The van der Waals surface area contributed by atoms with Crippen LogP contribution in [-0.4, -0.2) is 38.5 Å². The molecule has 2 N–H and O–H groups in total. The molecule has 17 heavy (non-hydrogen) atoms. The third kappa shape index (κ3) is 4.31. The van der Waals surface area contributed by atoms with Crippen LogP contribution in [0.25, 0.3) is 0 Å². The summed E-state index contributed by atoms with van der Waals surface area (Å²) in [5.74, 6) is 1.07. The van der Waals surface area contributed by atoms with Crippen molar-refractivity contribution in [3.8, 4) is 17.6 Å². The molecule has 0 heterocycles. The van der Waals surface area contributed by atoms with E-state index in [2.05, 4.69) is 5.32 Å². The van der Waals surface area contributed by atoms with Crippen molar-refractivity contribution < 1.29 is 14.6 Å². The van der Waals surface area contributed by atoms with Crippen LogP contribution in [0.4, 0.5) is 0 Å². The maximum atomic E-state index is 9.48. The van der Waals surface area contributed by atoms with E-state index in [0.717, 1.165) is 0 Å². The number of benzene rings is 1. The summed E-state index contributed by atoms with van der Waals surface area (Å²) in [6.07, 6.45) is -0.586. The van der Waals surface area contributed by atoms with Gasteiger partial charge in [0, 0.05) is 12.6 Å². The summed E-state index contributed by atoms with van der Waals surface area (Å²) in [6.45, 7) is 0.619. The van der Waals surface area contributed by atoms with Gasteiger partial charge in [-0.2, -0.15) is 5.26 Å². The summed E-state index contributed by atoms with van der Waals surface area (Å²) >= 11 is 0. The Labute approximate surface area is 101 Å². The van der Waals surface area contributed by atoms with Crippen molar-refractivity contribution in [2.45, 2.75) is 6.10 Å². The van der Waals surface area contributed by atoms with Gasteiger partial charge in [0.15, 0.2) is 0 Å². The van der Waals surface area contributed by atoms with E-state index in [-0.39, 0.29) is 6.61 Å². The first-order chi connectivity index (χ1) is 8.19. The van der Waals surface area contributed by atoms with Gasteiger partial charge in [0.05, 0.1) is 18.7 Å². The number of aliphatic hydroxyl groups excluding tert-OH is 1. The SMILES string of the molecule is CNCC(O)COc1cc(C#N)cc(OC)c1. The number of ether oxygens (including phenoxy) is 2. The number of hydrogen-bond donors (Lipinski definition) is 2. The molecule has 1 unspecified atom stereocenters. The first-order valence-corrected chi connectivity index (χ1v) is 5.24. The zero-order valence-electron chi connectivity index (χ0n) is 9.93. The maximum Gasteiger partial charge on any atom is 0.124 e. The molecule has 0 aromatic heterocycles. The van der Waals surface area contributed by atoms with Gasteiger partial charge in [-0.15, -0.1) is 0 Å². The predicted molar refractivity (Wildman–Crippen MR) is 63.1 cm³/mol. The van der Waals surface area contributed by atoms with Crippen molar-refractivity contribution in [3.05, 3.63) is 23.8 Å². The van der Waals surface area contributed by atoms with Gasteiger partial charge in [0.25, 0.3) is 0 Å². The lowest BCUT2D eigenvalue weighted by Gasteiger charge is -2.12. The normalized spacial score (nSPS) is 11.6. The van der Waals surface area contributed by atoms with Crippen molar-refractivity contribution in [2.75, 3.05) is 27.3 Å². The number of nitrogens with zero attached hydrogens (tertiary/aromatic N) is 1. The van der Waals surface area contributed by atoms with Gasteiger partial charge in [-0.1, -0.05) is 0 Å². The molecule has 1 aromatic carbocycles. The van der Waals surface area contributed by atoms with Crippen molar-refractivity contribution in [1.82, 2.24) is 5.32 Å². The molecular weight excluding hydrogens is 220 g/mol. The molecule has 0 aliphatic rings. The van der Waals surface area contributed by atoms with Gasteiger partial charge in [-0.3, -0.25) is 0 Å². The van der Waals surface area contributed by atoms with Crippen molar-refractivity contribution >= 4 is 0 Å². The highest BCUT2D eigenvalue weighted by molar-refractivity contribution is 5.43. The summed E-state index contributed by atoms with van der Waals surface area (Å²) in [6, 6.07) is 6.92. The van der Waals surface area contributed by atoms with Gasteiger partial charge in [0.1, 0.15) is 24.2 Å². The van der Waals surface area contributed by atoms with Gasteiger partial charge in [0.2, 0.25) is 0 Å². The minimum absolute atomic E-state index is 0.166. The molecule has 0 bridgehead atoms. The quantitative estimate of drug-likeness (QED) is 0.753. The van der Waals surface area contributed by atoms with Crippen molar-refractivity contribution in [2.24, 2.45) is 0 Å². The topological polar surface area (TPSA) is 74.5 Å². The second kappa shape index (κ2) is 6.74. The molecule has 1 rings (SSSR count). The highest BCUT2D eigenvalue weighted by Crippen LogP contribution is 2.22. The molecule has 0 aliphatic carbocycles. The number of nitriles is 1. The van der Waals surface area contributed by atoms with Crippen molar-refractivity contribution in [1.29, 1.82) is 5.26 Å².